The first-order chi connectivity index (χ1) is 8.60. The van der Waals surface area contributed by atoms with Gasteiger partial charge in [-0.15, -0.1) is 11.3 Å². The Morgan fingerprint density at radius 2 is 2.22 bits per heavy atom. The molecule has 0 aliphatic heterocycles. The molecule has 0 amide bonds. The molecule has 0 saturated carbocycles. The molecule has 1 unspecified atom stereocenters. The van der Waals surface area contributed by atoms with Gasteiger partial charge in [-0.05, 0) is 43.0 Å². The fourth-order valence-electron chi connectivity index (χ4n) is 1.87. The number of carbonyl (C=O) groups is 1. The summed E-state index contributed by atoms with van der Waals surface area (Å²) in [7, 11) is 0. The van der Waals surface area contributed by atoms with Crippen molar-refractivity contribution in [3.8, 4) is 0 Å². The van der Waals surface area contributed by atoms with Gasteiger partial charge in [-0.3, -0.25) is 0 Å². The normalized spacial score (nSPS) is 12.6. The number of nitrogens with two attached hydrogens (primary N) is 1. The Morgan fingerprint density at radius 3 is 2.94 bits per heavy atom. The number of carbonyl (C=O) groups excluding carboxylic acids is 1. The van der Waals surface area contributed by atoms with Gasteiger partial charge in [0, 0.05) is 10.4 Å². The number of hydrogen-bond acceptors (Lipinski definition) is 4. The van der Waals surface area contributed by atoms with Gasteiger partial charge in [0.15, 0.2) is 0 Å². The molecule has 0 saturated heterocycles. The molecule has 2 rings (SSSR count). The molecule has 0 spiro atoms. The quantitative estimate of drug-likeness (QED) is 0.673. The summed E-state index contributed by atoms with van der Waals surface area (Å²) in [5.41, 5.74) is 6.43. The van der Waals surface area contributed by atoms with Gasteiger partial charge in [0.1, 0.15) is 4.88 Å². The van der Waals surface area contributed by atoms with Crippen LogP contribution in [-0.2, 0) is 4.74 Å². The fraction of sp³-hybridized carbons (Fsp3) is 0.357. The minimum absolute atomic E-state index is 0.0298. The van der Waals surface area contributed by atoms with Crippen LogP contribution in [0.1, 0.15) is 36.4 Å². The van der Waals surface area contributed by atoms with Crippen molar-refractivity contribution in [2.45, 2.75) is 32.8 Å². The number of rotatable bonds is 4. The highest BCUT2D eigenvalue weighted by Gasteiger charge is 2.14. The number of anilines is 1. The minimum Gasteiger partial charge on any atom is -0.458 e. The van der Waals surface area contributed by atoms with E-state index in [1.165, 1.54) is 11.3 Å². The number of esters is 1. The number of hydrogen-bond donors (Lipinski definition) is 1. The van der Waals surface area contributed by atoms with E-state index in [1.807, 2.05) is 31.2 Å². The van der Waals surface area contributed by atoms with E-state index in [-0.39, 0.29) is 12.1 Å². The number of thiophene rings is 1. The Hall–Kier alpha value is -1.55. The SMILES string of the molecule is CCCC(C)OC(=O)c1cc2cc(N)ccc2s1. The lowest BCUT2D eigenvalue weighted by atomic mass is 10.2. The predicted octanol–water partition coefficient (Wildman–Crippen LogP) is 3.83. The molecule has 1 aromatic carbocycles. The molecule has 3 nitrogen and oxygen atoms in total. The Balaban J connectivity index is 2.18. The molecular weight excluding hydrogens is 246 g/mol. The van der Waals surface area contributed by atoms with Crippen LogP contribution in [0.3, 0.4) is 0 Å². The van der Waals surface area contributed by atoms with Gasteiger partial charge < -0.3 is 10.5 Å². The average Bonchev–Trinajstić information content (AvgIpc) is 2.72. The summed E-state index contributed by atoms with van der Waals surface area (Å²) in [4.78, 5) is 12.6. The Bertz CT molecular complexity index is 562. The lowest BCUT2D eigenvalue weighted by Gasteiger charge is -2.10. The molecule has 0 aliphatic carbocycles. The van der Waals surface area contributed by atoms with Crippen molar-refractivity contribution in [2.75, 3.05) is 5.73 Å². The molecule has 18 heavy (non-hydrogen) atoms. The number of benzene rings is 1. The number of ether oxygens (including phenoxy) is 1. The molecular formula is C14H17NO2S. The second kappa shape index (κ2) is 5.40. The van der Waals surface area contributed by atoms with Crippen LogP contribution in [0.15, 0.2) is 24.3 Å². The van der Waals surface area contributed by atoms with E-state index < -0.39 is 0 Å². The predicted molar refractivity (Wildman–Crippen MR) is 76.0 cm³/mol. The Kier molecular flexibility index (Phi) is 3.87. The van der Waals surface area contributed by atoms with Crippen molar-refractivity contribution in [1.82, 2.24) is 0 Å². The Labute approximate surface area is 111 Å². The molecule has 0 aliphatic rings. The van der Waals surface area contributed by atoms with Crippen LogP contribution in [0.4, 0.5) is 5.69 Å². The summed E-state index contributed by atoms with van der Waals surface area (Å²) in [5.74, 6) is -0.240. The van der Waals surface area contributed by atoms with Crippen molar-refractivity contribution >= 4 is 33.1 Å². The summed E-state index contributed by atoms with van der Waals surface area (Å²) in [6.45, 7) is 4.00. The monoisotopic (exact) mass is 263 g/mol. The van der Waals surface area contributed by atoms with E-state index in [1.54, 1.807) is 0 Å². The van der Waals surface area contributed by atoms with E-state index in [9.17, 15) is 4.79 Å². The lowest BCUT2D eigenvalue weighted by Crippen LogP contribution is -2.13. The second-order valence-corrected chi connectivity index (χ2v) is 5.50. The van der Waals surface area contributed by atoms with Crippen molar-refractivity contribution in [3.63, 3.8) is 0 Å². The maximum Gasteiger partial charge on any atom is 0.348 e. The highest BCUT2D eigenvalue weighted by atomic mass is 32.1. The smallest absolute Gasteiger partial charge is 0.348 e. The van der Waals surface area contributed by atoms with E-state index >= 15 is 0 Å². The van der Waals surface area contributed by atoms with Crippen LogP contribution >= 0.6 is 11.3 Å². The summed E-state index contributed by atoms with van der Waals surface area (Å²) >= 11 is 1.44. The standard InChI is InChI=1S/C14H17NO2S/c1-3-4-9(2)17-14(16)13-8-10-7-11(15)5-6-12(10)18-13/h5-9H,3-4,15H2,1-2H3. The van der Waals surface area contributed by atoms with Crippen LogP contribution in [0.25, 0.3) is 10.1 Å². The third-order valence-electron chi connectivity index (χ3n) is 2.74. The van der Waals surface area contributed by atoms with E-state index in [4.69, 9.17) is 10.5 Å². The van der Waals surface area contributed by atoms with Crippen LogP contribution in [0, 0.1) is 0 Å². The first-order valence-electron chi connectivity index (χ1n) is 6.10. The number of fused-ring (bicyclic) bond motifs is 1. The summed E-state index contributed by atoms with van der Waals surface area (Å²) in [6, 6.07) is 7.49. The first kappa shape index (κ1) is 12.9. The molecule has 2 aromatic rings. The first-order valence-corrected chi connectivity index (χ1v) is 6.92. The highest BCUT2D eigenvalue weighted by Crippen LogP contribution is 2.28. The van der Waals surface area contributed by atoms with Crippen LogP contribution < -0.4 is 5.73 Å². The van der Waals surface area contributed by atoms with E-state index in [0.717, 1.165) is 22.9 Å². The number of nitrogen functional groups attached to an aromatic ring is 1. The van der Waals surface area contributed by atoms with Crippen molar-refractivity contribution in [3.05, 3.63) is 29.1 Å². The molecule has 2 N–H and O–H groups in total. The van der Waals surface area contributed by atoms with Crippen molar-refractivity contribution in [1.29, 1.82) is 0 Å². The summed E-state index contributed by atoms with van der Waals surface area (Å²) in [6.07, 6.45) is 1.87. The van der Waals surface area contributed by atoms with Crippen LogP contribution in [0.5, 0.6) is 0 Å². The average molecular weight is 263 g/mol. The van der Waals surface area contributed by atoms with Crippen LogP contribution in [-0.4, -0.2) is 12.1 Å². The van der Waals surface area contributed by atoms with Gasteiger partial charge in [-0.1, -0.05) is 13.3 Å². The van der Waals surface area contributed by atoms with Gasteiger partial charge in [-0.25, -0.2) is 4.79 Å². The van der Waals surface area contributed by atoms with E-state index in [2.05, 4.69) is 6.92 Å². The van der Waals surface area contributed by atoms with Gasteiger partial charge in [0.05, 0.1) is 6.10 Å². The van der Waals surface area contributed by atoms with Crippen LogP contribution in [0.2, 0.25) is 0 Å². The molecule has 0 fully saturated rings. The van der Waals surface area contributed by atoms with Gasteiger partial charge in [-0.2, -0.15) is 0 Å². The zero-order chi connectivity index (χ0) is 13.1. The van der Waals surface area contributed by atoms with Gasteiger partial charge in [0.25, 0.3) is 0 Å². The third-order valence-corrected chi connectivity index (χ3v) is 3.84. The summed E-state index contributed by atoms with van der Waals surface area (Å²) < 4.78 is 6.43. The van der Waals surface area contributed by atoms with Gasteiger partial charge in [0.2, 0.25) is 0 Å². The topological polar surface area (TPSA) is 52.3 Å². The zero-order valence-corrected chi connectivity index (χ0v) is 11.4. The summed E-state index contributed by atoms with van der Waals surface area (Å²) in [5, 5.41) is 0.995. The van der Waals surface area contributed by atoms with E-state index in [0.29, 0.717) is 10.6 Å². The molecule has 96 valence electrons. The largest absolute Gasteiger partial charge is 0.458 e. The molecule has 0 radical (unpaired) electrons. The third kappa shape index (κ3) is 2.82. The zero-order valence-electron chi connectivity index (χ0n) is 10.6. The molecule has 0 bridgehead atoms. The van der Waals surface area contributed by atoms with Crippen molar-refractivity contribution < 1.29 is 9.53 Å². The second-order valence-electron chi connectivity index (χ2n) is 4.41. The molecule has 1 atom stereocenters. The lowest BCUT2D eigenvalue weighted by molar-refractivity contribution is 0.0329. The maximum atomic E-state index is 11.9. The fourth-order valence-corrected chi connectivity index (χ4v) is 2.79. The molecule has 1 aromatic heterocycles. The van der Waals surface area contributed by atoms with Gasteiger partial charge >= 0.3 is 5.97 Å². The Morgan fingerprint density at radius 1 is 1.44 bits per heavy atom. The molecule has 1 heterocycles. The maximum absolute atomic E-state index is 11.9. The van der Waals surface area contributed by atoms with Crippen molar-refractivity contribution in [2.24, 2.45) is 0 Å². The molecule has 4 heteroatoms. The minimum atomic E-state index is -0.240. The highest BCUT2D eigenvalue weighted by molar-refractivity contribution is 7.20.